The molecule has 1 saturated carbocycles. The van der Waals surface area contributed by atoms with Crippen molar-refractivity contribution in [2.24, 2.45) is 11.8 Å². The highest BCUT2D eigenvalue weighted by atomic mass is 16.3. The summed E-state index contributed by atoms with van der Waals surface area (Å²) in [6.07, 6.45) is 5.31. The van der Waals surface area contributed by atoms with Crippen molar-refractivity contribution in [3.8, 4) is 0 Å². The fourth-order valence-corrected chi connectivity index (χ4v) is 3.44. The van der Waals surface area contributed by atoms with Crippen molar-refractivity contribution in [1.29, 1.82) is 0 Å². The van der Waals surface area contributed by atoms with Gasteiger partial charge >= 0.3 is 0 Å². The number of hydrogen-bond donors (Lipinski definition) is 1. The van der Waals surface area contributed by atoms with Crippen LogP contribution in [0.1, 0.15) is 12.8 Å². The van der Waals surface area contributed by atoms with Gasteiger partial charge in [0.1, 0.15) is 11.3 Å². The zero-order valence-corrected chi connectivity index (χ0v) is 10.6. The number of rotatable bonds is 1. The molecule has 4 rings (SSSR count). The lowest BCUT2D eigenvalue weighted by molar-refractivity contribution is 0.133. The molecule has 19 heavy (non-hydrogen) atoms. The topological polar surface area (TPSA) is 62.1 Å². The summed E-state index contributed by atoms with van der Waals surface area (Å²) in [5.74, 6) is 1.99. The molecule has 2 aromatic rings. The number of hydrogen-bond acceptors (Lipinski definition) is 5. The van der Waals surface area contributed by atoms with Gasteiger partial charge in [0.15, 0.2) is 5.65 Å². The summed E-state index contributed by atoms with van der Waals surface area (Å²) < 4.78 is 0. The van der Waals surface area contributed by atoms with Gasteiger partial charge in [-0.3, -0.25) is 4.98 Å². The Morgan fingerprint density at radius 1 is 1.11 bits per heavy atom. The quantitative estimate of drug-likeness (QED) is 0.831. The first-order chi connectivity index (χ1) is 9.31. The van der Waals surface area contributed by atoms with Crippen LogP contribution in [0.25, 0.3) is 11.2 Å². The summed E-state index contributed by atoms with van der Waals surface area (Å²) in [7, 11) is 0. The second-order valence-corrected chi connectivity index (χ2v) is 5.54. The summed E-state index contributed by atoms with van der Waals surface area (Å²) in [6, 6.07) is 3.97. The van der Waals surface area contributed by atoms with Crippen LogP contribution in [0.5, 0.6) is 0 Å². The maximum atomic E-state index is 9.97. The standard InChI is InChI=1S/C14H16N4O/c19-12-3-1-9-7-18(8-10(9)12)13-4-2-11-14(17-13)16-6-5-15-11/h2,4-6,9-10,12,19H,1,3,7-8H2. The number of pyridine rings is 1. The molecule has 1 aliphatic heterocycles. The van der Waals surface area contributed by atoms with E-state index in [1.54, 1.807) is 12.4 Å². The van der Waals surface area contributed by atoms with Crippen LogP contribution in [0.3, 0.4) is 0 Å². The Hall–Kier alpha value is -1.75. The van der Waals surface area contributed by atoms with E-state index in [9.17, 15) is 5.11 Å². The molecule has 3 heterocycles. The van der Waals surface area contributed by atoms with Gasteiger partial charge in [0.25, 0.3) is 0 Å². The molecule has 0 radical (unpaired) electrons. The number of aliphatic hydroxyl groups is 1. The van der Waals surface area contributed by atoms with Gasteiger partial charge in [0, 0.05) is 31.4 Å². The third-order valence-corrected chi connectivity index (χ3v) is 4.46. The fourth-order valence-electron chi connectivity index (χ4n) is 3.44. The molecule has 5 heteroatoms. The molecule has 0 amide bonds. The van der Waals surface area contributed by atoms with Crippen LogP contribution in [0.2, 0.25) is 0 Å². The van der Waals surface area contributed by atoms with Crippen molar-refractivity contribution >= 4 is 17.0 Å². The fraction of sp³-hybridized carbons (Fsp3) is 0.500. The molecule has 1 aliphatic carbocycles. The van der Waals surface area contributed by atoms with Crippen LogP contribution in [-0.2, 0) is 0 Å². The highest BCUT2D eigenvalue weighted by Crippen LogP contribution is 2.39. The van der Waals surface area contributed by atoms with Crippen LogP contribution < -0.4 is 4.90 Å². The predicted octanol–water partition coefficient (Wildman–Crippen LogP) is 1.23. The minimum Gasteiger partial charge on any atom is -0.393 e. The summed E-state index contributed by atoms with van der Waals surface area (Å²) in [5, 5.41) is 9.97. The lowest BCUT2D eigenvalue weighted by Crippen LogP contribution is -2.25. The third kappa shape index (κ3) is 1.76. The van der Waals surface area contributed by atoms with Gasteiger partial charge in [-0.25, -0.2) is 9.97 Å². The molecule has 3 unspecified atom stereocenters. The maximum Gasteiger partial charge on any atom is 0.180 e. The minimum atomic E-state index is -0.129. The van der Waals surface area contributed by atoms with Gasteiger partial charge in [-0.2, -0.15) is 0 Å². The molecular formula is C14H16N4O. The molecule has 3 atom stereocenters. The summed E-state index contributed by atoms with van der Waals surface area (Å²) in [6.45, 7) is 1.91. The van der Waals surface area contributed by atoms with E-state index in [0.717, 1.165) is 37.3 Å². The van der Waals surface area contributed by atoms with E-state index in [4.69, 9.17) is 0 Å². The van der Waals surface area contributed by atoms with Gasteiger partial charge < -0.3 is 10.0 Å². The first kappa shape index (κ1) is 11.1. The predicted molar refractivity (Wildman–Crippen MR) is 71.8 cm³/mol. The Labute approximate surface area is 111 Å². The van der Waals surface area contributed by atoms with Crippen molar-refractivity contribution in [2.45, 2.75) is 18.9 Å². The van der Waals surface area contributed by atoms with Crippen LogP contribution in [-0.4, -0.2) is 39.3 Å². The smallest absolute Gasteiger partial charge is 0.180 e. The van der Waals surface area contributed by atoms with Crippen molar-refractivity contribution < 1.29 is 5.11 Å². The summed E-state index contributed by atoms with van der Waals surface area (Å²) >= 11 is 0. The third-order valence-electron chi connectivity index (χ3n) is 4.46. The number of aliphatic hydroxyl groups excluding tert-OH is 1. The molecule has 98 valence electrons. The zero-order chi connectivity index (χ0) is 12.8. The summed E-state index contributed by atoms with van der Waals surface area (Å²) in [4.78, 5) is 15.3. The van der Waals surface area contributed by atoms with E-state index >= 15 is 0 Å². The highest BCUT2D eigenvalue weighted by Gasteiger charge is 2.42. The van der Waals surface area contributed by atoms with Gasteiger partial charge in [-0.15, -0.1) is 0 Å². The molecule has 1 saturated heterocycles. The van der Waals surface area contributed by atoms with Crippen molar-refractivity contribution in [2.75, 3.05) is 18.0 Å². The molecular weight excluding hydrogens is 240 g/mol. The molecule has 0 aromatic carbocycles. The normalized spacial score (nSPS) is 29.9. The van der Waals surface area contributed by atoms with E-state index in [-0.39, 0.29) is 6.10 Å². The second-order valence-electron chi connectivity index (χ2n) is 5.54. The van der Waals surface area contributed by atoms with E-state index in [1.165, 1.54) is 0 Å². The van der Waals surface area contributed by atoms with Crippen molar-refractivity contribution in [3.63, 3.8) is 0 Å². The molecule has 0 spiro atoms. The summed E-state index contributed by atoms with van der Waals surface area (Å²) in [5.41, 5.74) is 1.52. The van der Waals surface area contributed by atoms with Crippen LogP contribution >= 0.6 is 0 Å². The van der Waals surface area contributed by atoms with E-state index in [0.29, 0.717) is 17.5 Å². The maximum absolute atomic E-state index is 9.97. The van der Waals surface area contributed by atoms with E-state index < -0.39 is 0 Å². The molecule has 2 fully saturated rings. The lowest BCUT2D eigenvalue weighted by Gasteiger charge is -2.19. The molecule has 2 aromatic heterocycles. The largest absolute Gasteiger partial charge is 0.393 e. The SMILES string of the molecule is OC1CCC2CN(c3ccc4nccnc4n3)CC12. The second kappa shape index (κ2) is 4.13. The van der Waals surface area contributed by atoms with Gasteiger partial charge in [-0.05, 0) is 30.9 Å². The van der Waals surface area contributed by atoms with Gasteiger partial charge in [0.2, 0.25) is 0 Å². The molecule has 1 N–H and O–H groups in total. The van der Waals surface area contributed by atoms with Crippen molar-refractivity contribution in [1.82, 2.24) is 15.0 Å². The first-order valence-corrected chi connectivity index (χ1v) is 6.82. The lowest BCUT2D eigenvalue weighted by atomic mass is 10.00. The molecule has 2 aliphatic rings. The average Bonchev–Trinajstić information content (AvgIpc) is 3.01. The Bertz CT molecular complexity index is 617. The van der Waals surface area contributed by atoms with Crippen molar-refractivity contribution in [3.05, 3.63) is 24.5 Å². The van der Waals surface area contributed by atoms with E-state index in [2.05, 4.69) is 19.9 Å². The monoisotopic (exact) mass is 256 g/mol. The van der Waals surface area contributed by atoms with E-state index in [1.807, 2.05) is 12.1 Å². The average molecular weight is 256 g/mol. The Morgan fingerprint density at radius 2 is 2.00 bits per heavy atom. The molecule has 0 bridgehead atoms. The Kier molecular flexibility index (Phi) is 2.41. The highest BCUT2D eigenvalue weighted by molar-refractivity contribution is 5.71. The van der Waals surface area contributed by atoms with Crippen LogP contribution in [0, 0.1) is 11.8 Å². The minimum absolute atomic E-state index is 0.129. The molecule has 5 nitrogen and oxygen atoms in total. The number of nitrogens with zero attached hydrogens (tertiary/aromatic N) is 4. The number of aromatic nitrogens is 3. The van der Waals surface area contributed by atoms with Crippen LogP contribution in [0.4, 0.5) is 5.82 Å². The zero-order valence-electron chi connectivity index (χ0n) is 10.6. The number of fused-ring (bicyclic) bond motifs is 2. The number of anilines is 1. The Morgan fingerprint density at radius 3 is 2.89 bits per heavy atom. The van der Waals surface area contributed by atoms with Gasteiger partial charge in [0.05, 0.1) is 6.10 Å². The van der Waals surface area contributed by atoms with Crippen LogP contribution in [0.15, 0.2) is 24.5 Å². The Balaban J connectivity index is 1.65. The van der Waals surface area contributed by atoms with Gasteiger partial charge in [-0.1, -0.05) is 0 Å². The first-order valence-electron chi connectivity index (χ1n) is 6.82.